The maximum atomic E-state index is 5.80. The first kappa shape index (κ1) is 15.0. The molecule has 1 saturated heterocycles. The molecule has 1 fully saturated rings. The fourth-order valence-corrected chi connectivity index (χ4v) is 2.81. The molecule has 1 aromatic rings. The van der Waals surface area contributed by atoms with E-state index in [0.717, 1.165) is 25.7 Å². The average molecular weight is 295 g/mol. The molecule has 0 spiro atoms. The number of nitrogens with zero attached hydrogens (tertiary/aromatic N) is 4. The zero-order valence-electron chi connectivity index (χ0n) is 12.8. The van der Waals surface area contributed by atoms with E-state index in [1.165, 1.54) is 0 Å². The van der Waals surface area contributed by atoms with Crippen molar-refractivity contribution in [3.05, 3.63) is 0 Å². The number of likely N-dealkylation sites (N-methyl/N-ethyl adjacent to an activating group) is 1. The molecule has 20 heavy (non-hydrogen) atoms. The molecule has 8 heteroatoms. The predicted molar refractivity (Wildman–Crippen MR) is 85.8 cm³/mol. The van der Waals surface area contributed by atoms with Crippen LogP contribution in [0.1, 0.15) is 6.42 Å². The molecule has 0 aromatic carbocycles. The number of hydrogen-bond acceptors (Lipinski definition) is 7. The van der Waals surface area contributed by atoms with Gasteiger partial charge in [0.25, 0.3) is 0 Å². The molecule has 0 bridgehead atoms. The summed E-state index contributed by atoms with van der Waals surface area (Å²) in [5, 5.41) is 6.58. The smallest absolute Gasteiger partial charge is 0.232 e. The Morgan fingerprint density at radius 1 is 1.30 bits per heavy atom. The van der Waals surface area contributed by atoms with E-state index in [-0.39, 0.29) is 5.95 Å². The third-order valence-corrected chi connectivity index (χ3v) is 4.53. The normalized spacial score (nSPS) is 19.4. The topological polar surface area (TPSA) is 92.0 Å². The van der Waals surface area contributed by atoms with Crippen molar-refractivity contribution >= 4 is 25.9 Å². The maximum Gasteiger partial charge on any atom is 0.232 e. The summed E-state index contributed by atoms with van der Waals surface area (Å²) in [5.74, 6) is 1.54. The van der Waals surface area contributed by atoms with E-state index in [1.54, 1.807) is 0 Å². The van der Waals surface area contributed by atoms with Crippen LogP contribution < -0.4 is 21.3 Å². The van der Waals surface area contributed by atoms with Crippen LogP contribution in [0.15, 0.2) is 0 Å². The van der Waals surface area contributed by atoms with Crippen molar-refractivity contribution in [3.8, 4) is 0 Å². The van der Waals surface area contributed by atoms with Crippen molar-refractivity contribution in [2.24, 2.45) is 0 Å². The van der Waals surface area contributed by atoms with Crippen molar-refractivity contribution in [2.75, 3.05) is 42.3 Å². The van der Waals surface area contributed by atoms with Crippen LogP contribution in [0.2, 0.25) is 19.6 Å². The lowest BCUT2D eigenvalue weighted by atomic mass is 10.3. The van der Waals surface area contributed by atoms with Gasteiger partial charge < -0.3 is 21.3 Å². The molecule has 1 atom stereocenters. The lowest BCUT2D eigenvalue weighted by molar-refractivity contribution is 0.616. The van der Waals surface area contributed by atoms with Gasteiger partial charge in [-0.3, -0.25) is 0 Å². The van der Waals surface area contributed by atoms with Gasteiger partial charge in [-0.05, 0) is 13.5 Å². The third-order valence-electron chi connectivity index (χ3n) is 3.30. The molecule has 0 saturated carbocycles. The van der Waals surface area contributed by atoms with E-state index in [4.69, 9.17) is 5.73 Å². The largest absolute Gasteiger partial charge is 0.368 e. The molecule has 7 nitrogen and oxygen atoms in total. The Bertz CT molecular complexity index is 460. The summed E-state index contributed by atoms with van der Waals surface area (Å²) in [7, 11) is 0.784. The number of aromatic nitrogens is 3. The molecular formula is C12H25N7Si. The van der Waals surface area contributed by atoms with Crippen LogP contribution in [0.3, 0.4) is 0 Å². The van der Waals surface area contributed by atoms with Crippen LogP contribution in [-0.4, -0.2) is 55.4 Å². The summed E-state index contributed by atoms with van der Waals surface area (Å²) in [6, 6.07) is 0.492. The van der Waals surface area contributed by atoms with Gasteiger partial charge in [0.2, 0.25) is 17.8 Å². The van der Waals surface area contributed by atoms with Gasteiger partial charge in [-0.2, -0.15) is 15.0 Å². The Balaban J connectivity index is 2.09. The first-order valence-corrected chi connectivity index (χ1v) is 10.8. The number of hydrogen-bond donors (Lipinski definition) is 3. The monoisotopic (exact) mass is 295 g/mol. The second kappa shape index (κ2) is 5.92. The number of nitrogens with two attached hydrogens (primary N) is 1. The van der Waals surface area contributed by atoms with Gasteiger partial charge in [-0.15, -0.1) is 0 Å². The minimum absolute atomic E-state index is 0.279. The van der Waals surface area contributed by atoms with E-state index < -0.39 is 8.07 Å². The van der Waals surface area contributed by atoms with Crippen molar-refractivity contribution in [1.82, 2.24) is 20.3 Å². The Kier molecular flexibility index (Phi) is 4.44. The number of rotatable bonds is 5. The quantitative estimate of drug-likeness (QED) is 0.683. The second-order valence-electron chi connectivity index (χ2n) is 6.45. The number of nitrogen functional groups attached to an aromatic ring is 1. The minimum atomic E-state index is -1.20. The lowest BCUT2D eigenvalue weighted by Crippen LogP contribution is -2.33. The molecule has 1 aliphatic rings. The van der Waals surface area contributed by atoms with Crippen molar-refractivity contribution in [3.63, 3.8) is 0 Å². The summed E-state index contributed by atoms with van der Waals surface area (Å²) in [4.78, 5) is 15.1. The fourth-order valence-electron chi connectivity index (χ4n) is 2.12. The molecule has 0 unspecified atom stereocenters. The van der Waals surface area contributed by atoms with Gasteiger partial charge in [-0.1, -0.05) is 19.6 Å². The lowest BCUT2D eigenvalue weighted by Gasteiger charge is -2.19. The first-order chi connectivity index (χ1) is 9.37. The molecule has 0 aliphatic carbocycles. The Morgan fingerprint density at radius 2 is 2.05 bits per heavy atom. The molecule has 1 aromatic heterocycles. The Labute approximate surface area is 121 Å². The number of nitrogens with one attached hydrogen (secondary N) is 2. The van der Waals surface area contributed by atoms with E-state index in [9.17, 15) is 0 Å². The van der Waals surface area contributed by atoms with Crippen LogP contribution in [0, 0.1) is 0 Å². The highest BCUT2D eigenvalue weighted by Gasteiger charge is 2.24. The van der Waals surface area contributed by atoms with Crippen LogP contribution >= 0.6 is 0 Å². The number of anilines is 3. The summed E-state index contributed by atoms with van der Waals surface area (Å²) >= 11 is 0. The summed E-state index contributed by atoms with van der Waals surface area (Å²) in [6.07, 6.45) is 2.02. The van der Waals surface area contributed by atoms with Crippen molar-refractivity contribution in [1.29, 1.82) is 0 Å². The first-order valence-electron chi connectivity index (χ1n) is 7.05. The van der Waals surface area contributed by atoms with Crippen LogP contribution in [0.5, 0.6) is 0 Å². The Hall–Kier alpha value is -1.41. The predicted octanol–water partition coefficient (Wildman–Crippen LogP) is 0.541. The highest BCUT2D eigenvalue weighted by Crippen LogP contribution is 2.18. The summed E-state index contributed by atoms with van der Waals surface area (Å²) < 4.78 is 0. The third kappa shape index (κ3) is 4.04. The van der Waals surface area contributed by atoms with E-state index in [2.05, 4.69) is 50.1 Å². The molecule has 0 radical (unpaired) electrons. The molecule has 1 aliphatic heterocycles. The van der Waals surface area contributed by atoms with Crippen LogP contribution in [0.25, 0.3) is 0 Å². The van der Waals surface area contributed by atoms with E-state index in [1.807, 2.05) is 7.05 Å². The highest BCUT2D eigenvalue weighted by molar-refractivity contribution is 6.76. The summed E-state index contributed by atoms with van der Waals surface area (Å²) in [5.41, 5.74) is 5.80. The van der Waals surface area contributed by atoms with Crippen molar-refractivity contribution < 1.29 is 0 Å². The van der Waals surface area contributed by atoms with Crippen molar-refractivity contribution in [2.45, 2.75) is 32.1 Å². The maximum absolute atomic E-state index is 5.80. The molecule has 112 valence electrons. The molecule has 2 rings (SSSR count). The van der Waals surface area contributed by atoms with Gasteiger partial charge in [-0.25, -0.2) is 0 Å². The standard InChI is InChI=1S/C12H25N7Si/c1-14-9-5-6-19(7-9)12-17-10(13)16-11(18-12)15-8-20(2,3)4/h9,14H,5-8H2,1-4H3,(H3,13,15,16,17,18)/t9-/m1/s1. The second-order valence-corrected chi connectivity index (χ2v) is 11.9. The molecular weight excluding hydrogens is 270 g/mol. The zero-order valence-corrected chi connectivity index (χ0v) is 13.8. The molecule has 2 heterocycles. The summed E-state index contributed by atoms with van der Waals surface area (Å²) in [6.45, 7) is 8.74. The van der Waals surface area contributed by atoms with Gasteiger partial charge in [0, 0.05) is 25.3 Å². The van der Waals surface area contributed by atoms with Gasteiger partial charge in [0.05, 0.1) is 8.07 Å². The average Bonchev–Trinajstić information content (AvgIpc) is 2.84. The van der Waals surface area contributed by atoms with Gasteiger partial charge in [0.15, 0.2) is 0 Å². The Morgan fingerprint density at radius 3 is 2.65 bits per heavy atom. The molecule has 4 N–H and O–H groups in total. The zero-order chi connectivity index (χ0) is 14.8. The van der Waals surface area contributed by atoms with E-state index in [0.29, 0.717) is 17.9 Å². The van der Waals surface area contributed by atoms with Crippen LogP contribution in [-0.2, 0) is 0 Å². The SMILES string of the molecule is CN[C@@H]1CCN(c2nc(N)nc(NC[Si](C)(C)C)n2)C1. The van der Waals surface area contributed by atoms with Gasteiger partial charge >= 0.3 is 0 Å². The molecule has 0 amide bonds. The highest BCUT2D eigenvalue weighted by atomic mass is 28.3. The minimum Gasteiger partial charge on any atom is -0.368 e. The fraction of sp³-hybridized carbons (Fsp3) is 0.750. The van der Waals surface area contributed by atoms with Gasteiger partial charge in [0.1, 0.15) is 0 Å². The van der Waals surface area contributed by atoms with Crippen LogP contribution in [0.4, 0.5) is 17.8 Å². The van der Waals surface area contributed by atoms with E-state index >= 15 is 0 Å².